The molecule has 0 saturated carbocycles. The molecular weight excluding hydrogens is 422 g/mol. The number of benzene rings is 1. The van der Waals surface area contributed by atoms with Gasteiger partial charge in [-0.15, -0.1) is 11.3 Å². The van der Waals surface area contributed by atoms with E-state index < -0.39 is 10.0 Å². The number of thiazole rings is 1. The first-order valence-corrected chi connectivity index (χ1v) is 11.9. The van der Waals surface area contributed by atoms with Crippen LogP contribution in [0.4, 0.5) is 0 Å². The summed E-state index contributed by atoms with van der Waals surface area (Å²) in [5.41, 5.74) is 0.475. The van der Waals surface area contributed by atoms with Crippen molar-refractivity contribution in [3.05, 3.63) is 45.4 Å². The lowest BCUT2D eigenvalue weighted by atomic mass is 10.1. The van der Waals surface area contributed by atoms with E-state index in [4.69, 9.17) is 16.3 Å². The number of halogens is 1. The SMILES string of the molecule is CN(Cc1nccs1)C(=O)c1ccc(OC2CCN(S(C)(=O)=O)CC2)c(Cl)c1. The molecule has 1 aromatic heterocycles. The lowest BCUT2D eigenvalue weighted by molar-refractivity contribution is 0.0785. The number of sulfonamides is 1. The Morgan fingerprint density at radius 3 is 2.68 bits per heavy atom. The number of carbonyl (C=O) groups excluding carboxylic acids is 1. The van der Waals surface area contributed by atoms with E-state index in [0.29, 0.717) is 48.8 Å². The normalized spacial score (nSPS) is 16.1. The van der Waals surface area contributed by atoms with Gasteiger partial charge in [-0.25, -0.2) is 17.7 Å². The summed E-state index contributed by atoms with van der Waals surface area (Å²) in [7, 11) is -1.45. The van der Waals surface area contributed by atoms with Gasteiger partial charge in [-0.3, -0.25) is 4.79 Å². The van der Waals surface area contributed by atoms with Crippen molar-refractivity contribution >= 4 is 38.9 Å². The number of rotatable bonds is 6. The molecule has 2 heterocycles. The highest BCUT2D eigenvalue weighted by Crippen LogP contribution is 2.29. The summed E-state index contributed by atoms with van der Waals surface area (Å²) in [5.74, 6) is 0.351. The third-order valence-electron chi connectivity index (χ3n) is 4.55. The highest BCUT2D eigenvalue weighted by atomic mass is 35.5. The van der Waals surface area contributed by atoms with Crippen LogP contribution in [0.3, 0.4) is 0 Å². The number of piperidine rings is 1. The average molecular weight is 444 g/mol. The fourth-order valence-corrected chi connectivity index (χ4v) is 4.78. The number of ether oxygens (including phenoxy) is 1. The molecule has 1 amide bonds. The molecule has 0 bridgehead atoms. The van der Waals surface area contributed by atoms with Crippen molar-refractivity contribution in [1.29, 1.82) is 0 Å². The van der Waals surface area contributed by atoms with Crippen molar-refractivity contribution in [1.82, 2.24) is 14.2 Å². The van der Waals surface area contributed by atoms with Crippen LogP contribution in [0, 0.1) is 0 Å². The van der Waals surface area contributed by atoms with Crippen LogP contribution >= 0.6 is 22.9 Å². The first-order chi connectivity index (χ1) is 13.2. The lowest BCUT2D eigenvalue weighted by Gasteiger charge is -2.30. The van der Waals surface area contributed by atoms with Gasteiger partial charge in [0.15, 0.2) is 0 Å². The summed E-state index contributed by atoms with van der Waals surface area (Å²) in [6.45, 7) is 1.30. The molecule has 1 aliphatic rings. The Kier molecular flexibility index (Phi) is 6.59. The highest BCUT2D eigenvalue weighted by Gasteiger charge is 2.26. The molecule has 1 aliphatic heterocycles. The van der Waals surface area contributed by atoms with Crippen LogP contribution < -0.4 is 4.74 Å². The molecular formula is C18H22ClN3O4S2. The van der Waals surface area contributed by atoms with Crippen LogP contribution in [0.15, 0.2) is 29.8 Å². The topological polar surface area (TPSA) is 79.8 Å². The Bertz CT molecular complexity index is 926. The van der Waals surface area contributed by atoms with Crippen molar-refractivity contribution in [2.24, 2.45) is 0 Å². The van der Waals surface area contributed by atoms with Gasteiger partial charge in [-0.2, -0.15) is 0 Å². The number of nitrogens with zero attached hydrogens (tertiary/aromatic N) is 3. The Hall–Kier alpha value is -1.68. The molecule has 1 aromatic carbocycles. The number of aromatic nitrogens is 1. The second kappa shape index (κ2) is 8.77. The van der Waals surface area contributed by atoms with E-state index in [1.807, 2.05) is 5.38 Å². The van der Waals surface area contributed by atoms with E-state index in [9.17, 15) is 13.2 Å². The Balaban J connectivity index is 1.60. The fraction of sp³-hybridized carbons (Fsp3) is 0.444. The zero-order valence-corrected chi connectivity index (χ0v) is 18.1. The van der Waals surface area contributed by atoms with Gasteiger partial charge in [0.2, 0.25) is 10.0 Å². The molecule has 10 heteroatoms. The second-order valence-electron chi connectivity index (χ2n) is 6.71. The van der Waals surface area contributed by atoms with E-state index in [0.717, 1.165) is 5.01 Å². The molecule has 0 radical (unpaired) electrons. The first kappa shape index (κ1) is 21.0. The zero-order valence-electron chi connectivity index (χ0n) is 15.7. The maximum Gasteiger partial charge on any atom is 0.254 e. The van der Waals surface area contributed by atoms with Gasteiger partial charge in [-0.1, -0.05) is 11.6 Å². The molecule has 0 N–H and O–H groups in total. The third-order valence-corrected chi connectivity index (χ3v) is 6.91. The predicted octanol–water partition coefficient (Wildman–Crippen LogP) is 2.87. The van der Waals surface area contributed by atoms with Crippen LogP contribution in [0.5, 0.6) is 5.75 Å². The summed E-state index contributed by atoms with van der Waals surface area (Å²) in [6, 6.07) is 4.98. The van der Waals surface area contributed by atoms with Crippen molar-refractivity contribution in [3.8, 4) is 5.75 Å². The van der Waals surface area contributed by atoms with E-state index in [1.54, 1.807) is 36.3 Å². The number of hydrogen-bond acceptors (Lipinski definition) is 6. The average Bonchev–Trinajstić information content (AvgIpc) is 3.15. The fourth-order valence-electron chi connectivity index (χ4n) is 3.02. The number of amides is 1. The molecule has 0 spiro atoms. The zero-order chi connectivity index (χ0) is 20.3. The lowest BCUT2D eigenvalue weighted by Crippen LogP contribution is -2.41. The number of hydrogen-bond donors (Lipinski definition) is 0. The Morgan fingerprint density at radius 2 is 2.11 bits per heavy atom. The van der Waals surface area contributed by atoms with E-state index in [2.05, 4.69) is 4.98 Å². The molecule has 1 fully saturated rings. The van der Waals surface area contributed by atoms with Crippen LogP contribution in [0.1, 0.15) is 28.2 Å². The Morgan fingerprint density at radius 1 is 1.39 bits per heavy atom. The molecule has 152 valence electrons. The van der Waals surface area contributed by atoms with E-state index >= 15 is 0 Å². The summed E-state index contributed by atoms with van der Waals surface area (Å²) in [6.07, 6.45) is 4.01. The largest absolute Gasteiger partial charge is 0.489 e. The first-order valence-electron chi connectivity index (χ1n) is 8.79. The summed E-state index contributed by atoms with van der Waals surface area (Å²) < 4.78 is 30.6. The standard InChI is InChI=1S/C18H22ClN3O4S2/c1-21(12-17-20-7-10-27-17)18(23)13-3-4-16(15(19)11-13)26-14-5-8-22(9-6-14)28(2,24)25/h3-4,7,10-11,14H,5-6,8-9,12H2,1-2H3. The van der Waals surface area contributed by atoms with Gasteiger partial charge in [-0.05, 0) is 31.0 Å². The highest BCUT2D eigenvalue weighted by molar-refractivity contribution is 7.88. The van der Waals surface area contributed by atoms with Crippen LogP contribution in [0.2, 0.25) is 5.02 Å². The number of carbonyl (C=O) groups is 1. The summed E-state index contributed by atoms with van der Waals surface area (Å²) in [5, 5.41) is 3.10. The predicted molar refractivity (Wildman–Crippen MR) is 109 cm³/mol. The van der Waals surface area contributed by atoms with Crippen molar-refractivity contribution in [2.75, 3.05) is 26.4 Å². The van der Waals surface area contributed by atoms with E-state index in [1.165, 1.54) is 21.9 Å². The molecule has 0 aliphatic carbocycles. The van der Waals surface area contributed by atoms with Crippen LogP contribution in [-0.4, -0.2) is 61.0 Å². The molecule has 2 aromatic rings. The molecule has 1 saturated heterocycles. The Labute approximate surface area is 173 Å². The monoisotopic (exact) mass is 443 g/mol. The smallest absolute Gasteiger partial charge is 0.254 e. The summed E-state index contributed by atoms with van der Waals surface area (Å²) in [4.78, 5) is 18.4. The van der Waals surface area contributed by atoms with Gasteiger partial charge in [0.1, 0.15) is 16.9 Å². The summed E-state index contributed by atoms with van der Waals surface area (Å²) >= 11 is 7.83. The quantitative estimate of drug-likeness (QED) is 0.685. The van der Waals surface area contributed by atoms with Crippen LogP contribution in [-0.2, 0) is 16.6 Å². The van der Waals surface area contributed by atoms with Gasteiger partial charge in [0.05, 0.1) is 17.8 Å². The van der Waals surface area contributed by atoms with Gasteiger partial charge >= 0.3 is 0 Å². The van der Waals surface area contributed by atoms with Crippen LogP contribution in [0.25, 0.3) is 0 Å². The van der Waals surface area contributed by atoms with Crippen molar-refractivity contribution < 1.29 is 17.9 Å². The third kappa shape index (κ3) is 5.22. The molecule has 3 rings (SSSR count). The molecule has 28 heavy (non-hydrogen) atoms. The van der Waals surface area contributed by atoms with Gasteiger partial charge < -0.3 is 9.64 Å². The van der Waals surface area contributed by atoms with Crippen molar-refractivity contribution in [2.45, 2.75) is 25.5 Å². The maximum absolute atomic E-state index is 12.6. The molecule has 7 nitrogen and oxygen atoms in total. The maximum atomic E-state index is 12.6. The van der Waals surface area contributed by atoms with Gasteiger partial charge in [0.25, 0.3) is 5.91 Å². The van der Waals surface area contributed by atoms with E-state index in [-0.39, 0.29) is 12.0 Å². The minimum Gasteiger partial charge on any atom is -0.489 e. The second-order valence-corrected chi connectivity index (χ2v) is 10.1. The van der Waals surface area contributed by atoms with Crippen molar-refractivity contribution in [3.63, 3.8) is 0 Å². The van der Waals surface area contributed by atoms with Gasteiger partial charge in [0, 0.05) is 37.3 Å². The molecule has 0 atom stereocenters. The minimum atomic E-state index is -3.17. The molecule has 0 unspecified atom stereocenters. The minimum absolute atomic E-state index is 0.107.